The molecule has 0 spiro atoms. The molecule has 4 aromatic rings. The molecule has 0 bridgehead atoms. The topological polar surface area (TPSA) is 67.3 Å². The first-order valence-corrected chi connectivity index (χ1v) is 11.2. The van der Waals surface area contributed by atoms with E-state index in [-0.39, 0.29) is 10.8 Å². The summed E-state index contributed by atoms with van der Waals surface area (Å²) in [6, 6.07) is 22.9. The molecule has 0 radical (unpaired) electrons. The molecule has 0 saturated carbocycles. The number of fused-ring (bicyclic) bond motifs is 1. The van der Waals surface area contributed by atoms with Crippen LogP contribution in [0.25, 0.3) is 10.2 Å². The molecule has 0 aliphatic heterocycles. The van der Waals surface area contributed by atoms with E-state index in [4.69, 9.17) is 0 Å². The van der Waals surface area contributed by atoms with Gasteiger partial charge in [-0.3, -0.25) is 9.69 Å². The Bertz CT molecular complexity index is 1210. The Morgan fingerprint density at radius 2 is 1.54 bits per heavy atom. The first-order valence-electron chi connectivity index (χ1n) is 8.49. The van der Waals surface area contributed by atoms with Crippen LogP contribution in [0, 0.1) is 0 Å². The average molecular weight is 409 g/mol. The van der Waals surface area contributed by atoms with Crippen LogP contribution >= 0.6 is 11.3 Å². The Morgan fingerprint density at radius 3 is 2.18 bits per heavy atom. The summed E-state index contributed by atoms with van der Waals surface area (Å²) in [6.07, 6.45) is 1.14. The number of benzene rings is 3. The van der Waals surface area contributed by atoms with Crippen molar-refractivity contribution in [3.63, 3.8) is 0 Å². The van der Waals surface area contributed by atoms with Crippen molar-refractivity contribution in [3.05, 3.63) is 84.4 Å². The molecule has 0 unspecified atom stereocenters. The van der Waals surface area contributed by atoms with Gasteiger partial charge < -0.3 is 0 Å². The number of sulfone groups is 1. The molecule has 0 saturated heterocycles. The predicted octanol–water partition coefficient (Wildman–Crippen LogP) is 4.68. The molecule has 4 rings (SSSR count). The van der Waals surface area contributed by atoms with Gasteiger partial charge in [-0.05, 0) is 48.5 Å². The van der Waals surface area contributed by atoms with E-state index < -0.39 is 9.84 Å². The fourth-order valence-corrected chi connectivity index (χ4v) is 4.44. The summed E-state index contributed by atoms with van der Waals surface area (Å²) in [5, 5.41) is 0.560. The van der Waals surface area contributed by atoms with Crippen LogP contribution in [-0.4, -0.2) is 25.6 Å². The lowest BCUT2D eigenvalue weighted by Crippen LogP contribution is -2.25. The molecule has 3 aromatic carbocycles. The molecule has 0 aliphatic rings. The van der Waals surface area contributed by atoms with Gasteiger partial charge in [0.05, 0.1) is 20.8 Å². The summed E-state index contributed by atoms with van der Waals surface area (Å²) in [6.45, 7) is 0. The second kappa shape index (κ2) is 7.18. The van der Waals surface area contributed by atoms with E-state index in [1.165, 1.54) is 35.6 Å². The smallest absolute Gasteiger partial charge is 0.264 e. The number of hydrogen-bond donors (Lipinski definition) is 0. The number of nitrogens with zero attached hydrogens (tertiary/aromatic N) is 2. The quantitative estimate of drug-likeness (QED) is 0.492. The molecule has 0 fully saturated rings. The summed E-state index contributed by atoms with van der Waals surface area (Å²) >= 11 is 1.43. The van der Waals surface area contributed by atoms with Crippen LogP contribution in [0.3, 0.4) is 0 Å². The lowest BCUT2D eigenvalue weighted by molar-refractivity contribution is 0.0999. The molecular weight excluding hydrogens is 392 g/mol. The second-order valence-electron chi connectivity index (χ2n) is 6.24. The van der Waals surface area contributed by atoms with Crippen LogP contribution in [0.1, 0.15) is 10.4 Å². The van der Waals surface area contributed by atoms with Crippen molar-refractivity contribution in [2.45, 2.75) is 4.90 Å². The zero-order valence-electron chi connectivity index (χ0n) is 14.9. The van der Waals surface area contributed by atoms with E-state index in [0.717, 1.165) is 16.5 Å². The first kappa shape index (κ1) is 18.3. The molecular formula is C21H16N2O3S2. The van der Waals surface area contributed by atoms with Crippen molar-refractivity contribution in [1.29, 1.82) is 0 Å². The summed E-state index contributed by atoms with van der Waals surface area (Å²) in [5.41, 5.74) is 1.90. The Kier molecular flexibility index (Phi) is 4.70. The SMILES string of the molecule is CS(=O)(=O)c1ccc(C(=O)N(c2ccccc2)c2nc3ccccc3s2)cc1. The Hall–Kier alpha value is -3.03. The first-order chi connectivity index (χ1) is 13.4. The zero-order chi connectivity index (χ0) is 19.7. The van der Waals surface area contributed by atoms with E-state index in [0.29, 0.717) is 16.4 Å². The van der Waals surface area contributed by atoms with Crippen LogP contribution in [0.5, 0.6) is 0 Å². The summed E-state index contributed by atoms with van der Waals surface area (Å²) in [7, 11) is -3.32. The summed E-state index contributed by atoms with van der Waals surface area (Å²) in [4.78, 5) is 19.7. The molecule has 0 atom stereocenters. The minimum absolute atomic E-state index is 0.176. The number of hydrogen-bond acceptors (Lipinski definition) is 5. The minimum Gasteiger partial charge on any atom is -0.268 e. The van der Waals surface area contributed by atoms with Gasteiger partial charge in [0, 0.05) is 11.8 Å². The number of carbonyl (C=O) groups is 1. The second-order valence-corrected chi connectivity index (χ2v) is 9.26. The molecule has 28 heavy (non-hydrogen) atoms. The van der Waals surface area contributed by atoms with E-state index in [1.54, 1.807) is 4.90 Å². The van der Waals surface area contributed by atoms with Crippen molar-refractivity contribution < 1.29 is 13.2 Å². The standard InChI is InChI=1S/C21H16N2O3S2/c1-28(25,26)17-13-11-15(12-14-17)20(24)23(16-7-3-2-4-8-16)21-22-18-9-5-6-10-19(18)27-21/h2-14H,1H3. The van der Waals surface area contributed by atoms with Crippen LogP contribution < -0.4 is 4.90 Å². The Balaban J connectivity index is 1.80. The number of anilines is 2. The van der Waals surface area contributed by atoms with Gasteiger partial charge in [-0.15, -0.1) is 0 Å². The minimum atomic E-state index is -3.32. The van der Waals surface area contributed by atoms with E-state index in [9.17, 15) is 13.2 Å². The van der Waals surface area contributed by atoms with E-state index in [2.05, 4.69) is 4.98 Å². The molecule has 140 valence electrons. The van der Waals surface area contributed by atoms with Crippen molar-refractivity contribution in [2.75, 3.05) is 11.2 Å². The van der Waals surface area contributed by atoms with Crippen molar-refractivity contribution in [2.24, 2.45) is 0 Å². The molecule has 0 aliphatic carbocycles. The molecule has 7 heteroatoms. The van der Waals surface area contributed by atoms with E-state index in [1.807, 2.05) is 54.6 Å². The number of amides is 1. The molecule has 1 heterocycles. The van der Waals surface area contributed by atoms with Gasteiger partial charge in [0.1, 0.15) is 0 Å². The highest BCUT2D eigenvalue weighted by molar-refractivity contribution is 7.90. The van der Waals surface area contributed by atoms with Gasteiger partial charge in [0.25, 0.3) is 5.91 Å². The fraction of sp³-hybridized carbons (Fsp3) is 0.0476. The van der Waals surface area contributed by atoms with Gasteiger partial charge in [-0.25, -0.2) is 13.4 Å². The van der Waals surface area contributed by atoms with Crippen molar-refractivity contribution >= 4 is 48.1 Å². The average Bonchev–Trinajstić information content (AvgIpc) is 3.12. The molecule has 1 amide bonds. The van der Waals surface area contributed by atoms with Gasteiger partial charge in [0.2, 0.25) is 0 Å². The maximum absolute atomic E-state index is 13.3. The number of aromatic nitrogens is 1. The normalized spacial score (nSPS) is 11.5. The van der Waals surface area contributed by atoms with Crippen LogP contribution in [0.4, 0.5) is 10.8 Å². The number of thiazole rings is 1. The van der Waals surface area contributed by atoms with Crippen LogP contribution in [-0.2, 0) is 9.84 Å². The highest BCUT2D eigenvalue weighted by Crippen LogP contribution is 2.34. The monoisotopic (exact) mass is 408 g/mol. The van der Waals surface area contributed by atoms with E-state index >= 15 is 0 Å². The number of rotatable bonds is 4. The molecule has 5 nitrogen and oxygen atoms in total. The van der Waals surface area contributed by atoms with Crippen LogP contribution in [0.2, 0.25) is 0 Å². The van der Waals surface area contributed by atoms with Gasteiger partial charge in [0.15, 0.2) is 15.0 Å². The highest BCUT2D eigenvalue weighted by Gasteiger charge is 2.23. The van der Waals surface area contributed by atoms with Crippen LogP contribution in [0.15, 0.2) is 83.8 Å². The lowest BCUT2D eigenvalue weighted by Gasteiger charge is -2.20. The third kappa shape index (κ3) is 3.54. The Morgan fingerprint density at radius 1 is 0.893 bits per heavy atom. The highest BCUT2D eigenvalue weighted by atomic mass is 32.2. The largest absolute Gasteiger partial charge is 0.268 e. The summed E-state index contributed by atoms with van der Waals surface area (Å²) < 4.78 is 24.4. The number of carbonyl (C=O) groups excluding carboxylic acids is 1. The van der Waals surface area contributed by atoms with Crippen molar-refractivity contribution in [1.82, 2.24) is 4.98 Å². The zero-order valence-corrected chi connectivity index (χ0v) is 16.6. The predicted molar refractivity (Wildman–Crippen MR) is 112 cm³/mol. The van der Waals surface area contributed by atoms with Crippen molar-refractivity contribution in [3.8, 4) is 0 Å². The maximum atomic E-state index is 13.3. The fourth-order valence-electron chi connectivity index (χ4n) is 2.82. The van der Waals surface area contributed by atoms with Gasteiger partial charge in [-0.1, -0.05) is 41.7 Å². The van der Waals surface area contributed by atoms with Gasteiger partial charge >= 0.3 is 0 Å². The Labute approximate surface area is 166 Å². The third-order valence-corrected chi connectivity index (χ3v) is 6.37. The third-order valence-electron chi connectivity index (χ3n) is 4.22. The maximum Gasteiger partial charge on any atom is 0.264 e. The lowest BCUT2D eigenvalue weighted by atomic mass is 10.2. The summed E-state index contributed by atoms with van der Waals surface area (Å²) in [5.74, 6) is -0.273. The number of para-hydroxylation sites is 2. The molecule has 1 aromatic heterocycles. The van der Waals surface area contributed by atoms with Gasteiger partial charge in [-0.2, -0.15) is 0 Å². The molecule has 0 N–H and O–H groups in total.